The highest BCUT2D eigenvalue weighted by molar-refractivity contribution is 5.89. The van der Waals surface area contributed by atoms with Gasteiger partial charge in [0.15, 0.2) is 0 Å². The van der Waals surface area contributed by atoms with Gasteiger partial charge in [0.2, 0.25) is 0 Å². The zero-order chi connectivity index (χ0) is 11.4. The molecule has 82 valence electrons. The fraction of sp³-hybridized carbons (Fsp3) is 0.308. The van der Waals surface area contributed by atoms with E-state index in [2.05, 4.69) is 11.8 Å². The third-order valence-electron chi connectivity index (χ3n) is 2.29. The average Bonchev–Trinajstić information content (AvgIpc) is 2.75. The van der Waals surface area contributed by atoms with Gasteiger partial charge >= 0.3 is 5.97 Å². The Morgan fingerprint density at radius 3 is 3.25 bits per heavy atom. The van der Waals surface area contributed by atoms with Crippen LogP contribution in [0.5, 0.6) is 5.75 Å². The van der Waals surface area contributed by atoms with Crippen LogP contribution in [0.15, 0.2) is 18.2 Å². The zero-order valence-corrected chi connectivity index (χ0v) is 9.08. The highest BCUT2D eigenvalue weighted by atomic mass is 16.5. The maximum Gasteiger partial charge on any atom is 0.384 e. The van der Waals surface area contributed by atoms with Crippen molar-refractivity contribution in [3.8, 4) is 17.6 Å². The Balaban J connectivity index is 2.22. The lowest BCUT2D eigenvalue weighted by atomic mass is 10.1. The first-order chi connectivity index (χ1) is 7.81. The van der Waals surface area contributed by atoms with E-state index in [0.29, 0.717) is 13.2 Å². The van der Waals surface area contributed by atoms with E-state index in [1.807, 2.05) is 18.2 Å². The molecule has 0 saturated heterocycles. The molecule has 2 rings (SSSR count). The molecule has 0 radical (unpaired) electrons. The summed E-state index contributed by atoms with van der Waals surface area (Å²) in [6.07, 6.45) is 0.907. The maximum absolute atomic E-state index is 11.1. The van der Waals surface area contributed by atoms with Gasteiger partial charge in [0.1, 0.15) is 5.75 Å². The quantitative estimate of drug-likeness (QED) is 0.527. The number of benzene rings is 1. The standard InChI is InChI=1S/C13H12O3/c1-2-15-12(14)7-6-10-4-3-5-11-8-9-16-13(10)11/h3-5H,2,8-9H2,1H3. The topological polar surface area (TPSA) is 35.5 Å². The maximum atomic E-state index is 11.1. The highest BCUT2D eigenvalue weighted by Crippen LogP contribution is 2.28. The van der Waals surface area contributed by atoms with E-state index in [0.717, 1.165) is 23.3 Å². The number of para-hydroxylation sites is 1. The van der Waals surface area contributed by atoms with Crippen molar-refractivity contribution in [3.63, 3.8) is 0 Å². The molecule has 3 heteroatoms. The van der Waals surface area contributed by atoms with Crippen LogP contribution in [0.1, 0.15) is 18.1 Å². The zero-order valence-electron chi connectivity index (χ0n) is 9.08. The Hall–Kier alpha value is -1.95. The van der Waals surface area contributed by atoms with Crippen molar-refractivity contribution in [1.82, 2.24) is 0 Å². The van der Waals surface area contributed by atoms with E-state index in [1.165, 1.54) is 0 Å². The summed E-state index contributed by atoms with van der Waals surface area (Å²) in [5, 5.41) is 0. The van der Waals surface area contributed by atoms with Crippen LogP contribution in [0.3, 0.4) is 0 Å². The average molecular weight is 216 g/mol. The number of carbonyl (C=O) groups excluding carboxylic acids is 1. The predicted molar refractivity (Wildman–Crippen MR) is 59.2 cm³/mol. The van der Waals surface area contributed by atoms with Crippen molar-refractivity contribution in [3.05, 3.63) is 29.3 Å². The molecule has 0 spiro atoms. The molecule has 3 nitrogen and oxygen atoms in total. The number of hydrogen-bond donors (Lipinski definition) is 0. The lowest BCUT2D eigenvalue weighted by Crippen LogP contribution is -1.99. The van der Waals surface area contributed by atoms with Crippen molar-refractivity contribution < 1.29 is 14.3 Å². The Kier molecular flexibility index (Phi) is 3.11. The summed E-state index contributed by atoms with van der Waals surface area (Å²) in [6.45, 7) is 2.78. The molecule has 0 amide bonds. The van der Waals surface area contributed by atoms with Gasteiger partial charge in [-0.1, -0.05) is 18.1 Å². The van der Waals surface area contributed by atoms with Crippen LogP contribution >= 0.6 is 0 Å². The minimum atomic E-state index is -0.502. The molecule has 0 aromatic heterocycles. The minimum Gasteiger partial charge on any atom is -0.492 e. The second kappa shape index (κ2) is 4.71. The molecule has 16 heavy (non-hydrogen) atoms. The Morgan fingerprint density at radius 1 is 1.56 bits per heavy atom. The summed E-state index contributed by atoms with van der Waals surface area (Å²) in [6, 6.07) is 5.77. The SMILES string of the molecule is CCOC(=O)C#Cc1cccc2c1OCC2. The van der Waals surface area contributed by atoms with Crippen LogP contribution in [0.4, 0.5) is 0 Å². The molecule has 0 N–H and O–H groups in total. The number of hydrogen-bond acceptors (Lipinski definition) is 3. The predicted octanol–water partition coefficient (Wildman–Crippen LogP) is 1.54. The number of fused-ring (bicyclic) bond motifs is 1. The number of carbonyl (C=O) groups is 1. The molecular formula is C13H12O3. The summed E-state index contributed by atoms with van der Waals surface area (Å²) in [4.78, 5) is 11.1. The lowest BCUT2D eigenvalue weighted by molar-refractivity contribution is -0.136. The van der Waals surface area contributed by atoms with Gasteiger partial charge in [0.25, 0.3) is 0 Å². The third-order valence-corrected chi connectivity index (χ3v) is 2.29. The fourth-order valence-electron chi connectivity index (χ4n) is 1.60. The van der Waals surface area contributed by atoms with Crippen molar-refractivity contribution in [2.45, 2.75) is 13.3 Å². The van der Waals surface area contributed by atoms with Gasteiger partial charge in [-0.2, -0.15) is 0 Å². The van der Waals surface area contributed by atoms with Gasteiger partial charge in [0, 0.05) is 12.3 Å². The van der Waals surface area contributed by atoms with Crippen molar-refractivity contribution in [2.75, 3.05) is 13.2 Å². The van der Waals surface area contributed by atoms with Gasteiger partial charge in [0.05, 0.1) is 18.8 Å². The normalized spacial score (nSPS) is 12.1. The van der Waals surface area contributed by atoms with E-state index in [9.17, 15) is 4.79 Å². The number of rotatable bonds is 1. The summed E-state index contributed by atoms with van der Waals surface area (Å²) >= 11 is 0. The first-order valence-corrected chi connectivity index (χ1v) is 5.24. The summed E-state index contributed by atoms with van der Waals surface area (Å²) in [5.74, 6) is 5.52. The monoisotopic (exact) mass is 216 g/mol. The molecule has 0 fully saturated rings. The van der Waals surface area contributed by atoms with Gasteiger partial charge in [-0.3, -0.25) is 0 Å². The summed E-state index contributed by atoms with van der Waals surface area (Å²) in [5.41, 5.74) is 1.90. The smallest absolute Gasteiger partial charge is 0.384 e. The molecule has 0 bridgehead atoms. The first-order valence-electron chi connectivity index (χ1n) is 5.24. The van der Waals surface area contributed by atoms with Gasteiger partial charge in [-0.15, -0.1) is 0 Å². The molecule has 0 unspecified atom stereocenters. The van der Waals surface area contributed by atoms with Crippen LogP contribution < -0.4 is 4.74 Å². The Bertz CT molecular complexity index is 466. The molecule has 1 aromatic rings. The third kappa shape index (κ3) is 2.17. The van der Waals surface area contributed by atoms with E-state index < -0.39 is 5.97 Å². The summed E-state index contributed by atoms with van der Waals surface area (Å²) in [7, 11) is 0. The van der Waals surface area contributed by atoms with Crippen molar-refractivity contribution in [1.29, 1.82) is 0 Å². The van der Waals surface area contributed by atoms with Crippen LogP contribution in [0.2, 0.25) is 0 Å². The molecule has 1 aliphatic heterocycles. The first kappa shape index (κ1) is 10.6. The van der Waals surface area contributed by atoms with E-state index in [4.69, 9.17) is 9.47 Å². The molecule has 0 saturated carbocycles. The number of esters is 1. The molecule has 0 aliphatic carbocycles. The molecule has 1 aromatic carbocycles. The molecule has 1 heterocycles. The second-order valence-corrected chi connectivity index (χ2v) is 3.36. The summed E-state index contributed by atoms with van der Waals surface area (Å²) < 4.78 is 10.2. The highest BCUT2D eigenvalue weighted by Gasteiger charge is 2.14. The number of ether oxygens (including phenoxy) is 2. The van der Waals surface area contributed by atoms with Crippen LogP contribution in [0.25, 0.3) is 0 Å². The molecule has 0 atom stereocenters. The van der Waals surface area contributed by atoms with Gasteiger partial charge < -0.3 is 9.47 Å². The van der Waals surface area contributed by atoms with Crippen molar-refractivity contribution >= 4 is 5.97 Å². The Labute approximate surface area is 94.4 Å². The van der Waals surface area contributed by atoms with Crippen molar-refractivity contribution in [2.24, 2.45) is 0 Å². The van der Waals surface area contributed by atoms with E-state index in [1.54, 1.807) is 6.92 Å². The fourth-order valence-corrected chi connectivity index (χ4v) is 1.60. The van der Waals surface area contributed by atoms with Crippen LogP contribution in [-0.2, 0) is 16.0 Å². The lowest BCUT2D eigenvalue weighted by Gasteiger charge is -2.00. The molecule has 1 aliphatic rings. The van der Waals surface area contributed by atoms with Gasteiger partial charge in [-0.25, -0.2) is 4.79 Å². The minimum absolute atomic E-state index is 0.344. The second-order valence-electron chi connectivity index (χ2n) is 3.36. The Morgan fingerprint density at radius 2 is 2.44 bits per heavy atom. The van der Waals surface area contributed by atoms with Crippen LogP contribution in [0, 0.1) is 11.8 Å². The van der Waals surface area contributed by atoms with Crippen LogP contribution in [-0.4, -0.2) is 19.2 Å². The van der Waals surface area contributed by atoms with E-state index in [-0.39, 0.29) is 0 Å². The van der Waals surface area contributed by atoms with Gasteiger partial charge in [-0.05, 0) is 18.6 Å². The molecular weight excluding hydrogens is 204 g/mol. The largest absolute Gasteiger partial charge is 0.492 e. The van der Waals surface area contributed by atoms with E-state index >= 15 is 0 Å².